The molecule has 5 heteroatoms. The monoisotopic (exact) mass is 240 g/mol. The summed E-state index contributed by atoms with van der Waals surface area (Å²) < 4.78 is 13.3. The van der Waals surface area contributed by atoms with Crippen LogP contribution in [0.3, 0.4) is 0 Å². The number of amides is 1. The molecule has 1 aliphatic heterocycles. The molecule has 86 valence electrons. The highest BCUT2D eigenvalue weighted by atomic mass is 32.2. The first-order valence-electron chi connectivity index (χ1n) is 5.15. The molecule has 1 aromatic rings. The lowest BCUT2D eigenvalue weighted by atomic mass is 10.2. The maximum absolute atomic E-state index is 13.3. The molecule has 1 amide bonds. The van der Waals surface area contributed by atoms with Gasteiger partial charge in [-0.05, 0) is 24.3 Å². The number of hydrogen-bond acceptors (Lipinski definition) is 3. The van der Waals surface area contributed by atoms with Crippen LogP contribution in [0, 0.1) is 5.95 Å². The Kier molecular flexibility index (Phi) is 3.43. The Bertz CT molecular complexity index is 393. The largest absolute Gasteiger partial charge is 0.338 e. The van der Waals surface area contributed by atoms with E-state index in [4.69, 9.17) is 0 Å². The Hall–Kier alpha value is -1.10. The summed E-state index contributed by atoms with van der Waals surface area (Å²) in [6.45, 7) is 0. The van der Waals surface area contributed by atoms with E-state index in [1.807, 2.05) is 11.8 Å². The van der Waals surface area contributed by atoms with Gasteiger partial charge >= 0.3 is 0 Å². The van der Waals surface area contributed by atoms with Gasteiger partial charge in [-0.25, -0.2) is 4.98 Å². The summed E-state index contributed by atoms with van der Waals surface area (Å²) in [4.78, 5) is 17.1. The van der Waals surface area contributed by atoms with Crippen molar-refractivity contribution >= 4 is 17.7 Å². The number of pyridine rings is 1. The average Bonchev–Trinajstić information content (AvgIpc) is 2.81. The summed E-state index contributed by atoms with van der Waals surface area (Å²) >= 11 is 1.82. The molecule has 0 N–H and O–H groups in total. The summed E-state index contributed by atoms with van der Waals surface area (Å²) in [5.74, 6) is 1.03. The Morgan fingerprint density at radius 2 is 2.50 bits per heavy atom. The third-order valence-corrected chi connectivity index (χ3v) is 3.91. The zero-order valence-corrected chi connectivity index (χ0v) is 9.84. The van der Waals surface area contributed by atoms with Gasteiger partial charge in [0.1, 0.15) is 0 Å². The zero-order chi connectivity index (χ0) is 11.5. The zero-order valence-electron chi connectivity index (χ0n) is 9.02. The van der Waals surface area contributed by atoms with Crippen LogP contribution >= 0.6 is 11.8 Å². The molecular formula is C11H13FN2OS. The summed E-state index contributed by atoms with van der Waals surface area (Å²) in [5, 5.41) is 0. The van der Waals surface area contributed by atoms with Crippen LogP contribution in [0.25, 0.3) is 0 Å². The van der Waals surface area contributed by atoms with Crippen molar-refractivity contribution in [1.29, 1.82) is 0 Å². The highest BCUT2D eigenvalue weighted by Gasteiger charge is 2.26. The van der Waals surface area contributed by atoms with Gasteiger partial charge in [-0.1, -0.05) is 0 Å². The van der Waals surface area contributed by atoms with Gasteiger partial charge in [0.15, 0.2) is 0 Å². The third kappa shape index (κ3) is 2.19. The highest BCUT2D eigenvalue weighted by Crippen LogP contribution is 2.22. The van der Waals surface area contributed by atoms with Crippen molar-refractivity contribution in [3.63, 3.8) is 0 Å². The molecule has 1 unspecified atom stereocenters. The molecule has 2 rings (SSSR count). The minimum absolute atomic E-state index is 0.0573. The van der Waals surface area contributed by atoms with Crippen LogP contribution in [0.4, 0.5) is 4.39 Å². The van der Waals surface area contributed by atoms with Gasteiger partial charge in [0, 0.05) is 25.0 Å². The van der Waals surface area contributed by atoms with Gasteiger partial charge in [-0.15, -0.1) is 0 Å². The molecule has 1 aromatic heterocycles. The van der Waals surface area contributed by atoms with E-state index >= 15 is 0 Å². The highest BCUT2D eigenvalue weighted by molar-refractivity contribution is 7.99. The minimum atomic E-state index is -0.690. The number of thioether (sulfide) groups is 1. The lowest BCUT2D eigenvalue weighted by Crippen LogP contribution is -2.37. The standard InChI is InChI=1S/C11H13FN2OS/c1-14(8-4-6-16-7-8)11(15)9-3-2-5-13-10(9)12/h2-3,5,8H,4,6-7H2,1H3. The van der Waals surface area contributed by atoms with Crippen molar-refractivity contribution in [2.45, 2.75) is 12.5 Å². The van der Waals surface area contributed by atoms with E-state index in [0.717, 1.165) is 17.9 Å². The van der Waals surface area contributed by atoms with E-state index in [9.17, 15) is 9.18 Å². The molecule has 0 bridgehead atoms. The molecule has 0 aromatic carbocycles. The average molecular weight is 240 g/mol. The van der Waals surface area contributed by atoms with Crippen LogP contribution in [-0.2, 0) is 0 Å². The van der Waals surface area contributed by atoms with Gasteiger partial charge in [-0.3, -0.25) is 4.79 Å². The summed E-state index contributed by atoms with van der Waals surface area (Å²) in [6.07, 6.45) is 2.33. The first-order valence-corrected chi connectivity index (χ1v) is 6.31. The molecule has 3 nitrogen and oxygen atoms in total. The molecule has 1 aliphatic rings. The number of carbonyl (C=O) groups excluding carboxylic acids is 1. The van der Waals surface area contributed by atoms with Crippen molar-refractivity contribution in [2.24, 2.45) is 0 Å². The van der Waals surface area contributed by atoms with Crippen LogP contribution in [0.5, 0.6) is 0 Å². The van der Waals surface area contributed by atoms with Gasteiger partial charge < -0.3 is 4.90 Å². The molecule has 0 aliphatic carbocycles. The van der Waals surface area contributed by atoms with Gasteiger partial charge in [-0.2, -0.15) is 16.2 Å². The van der Waals surface area contributed by atoms with E-state index in [0.29, 0.717) is 0 Å². The molecule has 0 radical (unpaired) electrons. The van der Waals surface area contributed by atoms with Crippen LogP contribution in [0.1, 0.15) is 16.8 Å². The minimum Gasteiger partial charge on any atom is -0.338 e. The molecule has 0 saturated carbocycles. The third-order valence-electron chi connectivity index (χ3n) is 2.76. The molecule has 2 heterocycles. The number of hydrogen-bond donors (Lipinski definition) is 0. The van der Waals surface area contributed by atoms with Crippen LogP contribution in [0.15, 0.2) is 18.3 Å². The van der Waals surface area contributed by atoms with E-state index in [2.05, 4.69) is 4.98 Å². The summed E-state index contributed by atoms with van der Waals surface area (Å²) in [7, 11) is 1.73. The molecular weight excluding hydrogens is 227 g/mol. The SMILES string of the molecule is CN(C(=O)c1cccnc1F)C1CCSC1. The predicted molar refractivity (Wildman–Crippen MR) is 62.0 cm³/mol. The summed E-state index contributed by atoms with van der Waals surface area (Å²) in [5.41, 5.74) is 0.0573. The fourth-order valence-corrected chi connectivity index (χ4v) is 3.00. The lowest BCUT2D eigenvalue weighted by molar-refractivity contribution is 0.0742. The molecule has 1 fully saturated rings. The first kappa shape index (κ1) is 11.4. The lowest BCUT2D eigenvalue weighted by Gasteiger charge is -2.23. The van der Waals surface area contributed by atoms with Gasteiger partial charge in [0.05, 0.1) is 5.56 Å². The topological polar surface area (TPSA) is 33.2 Å². The van der Waals surface area contributed by atoms with Crippen LogP contribution in [-0.4, -0.2) is 40.4 Å². The van der Waals surface area contributed by atoms with E-state index < -0.39 is 5.95 Å². The molecule has 0 spiro atoms. The molecule has 16 heavy (non-hydrogen) atoms. The molecule has 1 saturated heterocycles. The van der Waals surface area contributed by atoms with Crippen LogP contribution in [0.2, 0.25) is 0 Å². The second-order valence-electron chi connectivity index (χ2n) is 3.78. The van der Waals surface area contributed by atoms with E-state index in [-0.39, 0.29) is 17.5 Å². The number of carbonyl (C=O) groups is 1. The Labute approximate surface area is 98.0 Å². The quantitative estimate of drug-likeness (QED) is 0.739. The molecule has 1 atom stereocenters. The second-order valence-corrected chi connectivity index (χ2v) is 4.93. The van der Waals surface area contributed by atoms with Crippen LogP contribution < -0.4 is 0 Å². The maximum atomic E-state index is 13.3. The van der Waals surface area contributed by atoms with E-state index in [1.54, 1.807) is 18.0 Å². The van der Waals surface area contributed by atoms with Crippen molar-refractivity contribution in [3.05, 3.63) is 29.8 Å². The Morgan fingerprint density at radius 1 is 1.69 bits per heavy atom. The van der Waals surface area contributed by atoms with Gasteiger partial charge in [0.2, 0.25) is 5.95 Å². The van der Waals surface area contributed by atoms with Crippen molar-refractivity contribution in [3.8, 4) is 0 Å². The van der Waals surface area contributed by atoms with Crippen molar-refractivity contribution in [1.82, 2.24) is 9.88 Å². The van der Waals surface area contributed by atoms with E-state index in [1.165, 1.54) is 12.3 Å². The van der Waals surface area contributed by atoms with Crippen molar-refractivity contribution in [2.75, 3.05) is 18.6 Å². The normalized spacial score (nSPS) is 19.8. The first-order chi connectivity index (χ1) is 7.70. The van der Waals surface area contributed by atoms with Crippen molar-refractivity contribution < 1.29 is 9.18 Å². The number of aromatic nitrogens is 1. The fourth-order valence-electron chi connectivity index (χ4n) is 1.73. The predicted octanol–water partition coefficient (Wildman–Crippen LogP) is 1.80. The maximum Gasteiger partial charge on any atom is 0.258 e. The number of halogens is 1. The Balaban J connectivity index is 2.15. The smallest absolute Gasteiger partial charge is 0.258 e. The van der Waals surface area contributed by atoms with Gasteiger partial charge in [0.25, 0.3) is 5.91 Å². The Morgan fingerprint density at radius 3 is 3.12 bits per heavy atom. The second kappa shape index (κ2) is 4.82. The fraction of sp³-hybridized carbons (Fsp3) is 0.455. The number of nitrogens with zero attached hydrogens (tertiary/aromatic N) is 2. The summed E-state index contributed by atoms with van der Waals surface area (Å²) in [6, 6.07) is 3.27. The number of rotatable bonds is 2.